The molecule has 0 atom stereocenters. The lowest BCUT2D eigenvalue weighted by atomic mass is 10.1. The van der Waals surface area contributed by atoms with Gasteiger partial charge in [0.15, 0.2) is 0 Å². The lowest BCUT2D eigenvalue weighted by Crippen LogP contribution is -2.16. The zero-order valence-electron chi connectivity index (χ0n) is 43.8. The van der Waals surface area contributed by atoms with Crippen LogP contribution in [-0.2, 0) is 19.4 Å². The van der Waals surface area contributed by atoms with Gasteiger partial charge in [-0.2, -0.15) is 59.8 Å². The highest BCUT2D eigenvalue weighted by Gasteiger charge is 2.09. The van der Waals surface area contributed by atoms with E-state index in [-0.39, 0.29) is 47.9 Å². The van der Waals surface area contributed by atoms with Crippen LogP contribution in [0.5, 0.6) is 0 Å². The van der Waals surface area contributed by atoms with E-state index in [4.69, 9.17) is 75.1 Å². The molecule has 17 N–H and O–H groups in total. The van der Waals surface area contributed by atoms with E-state index in [9.17, 15) is 0 Å². The van der Waals surface area contributed by atoms with Crippen LogP contribution in [0.2, 0.25) is 20.1 Å². The lowest BCUT2D eigenvalue weighted by molar-refractivity contribution is 0.866. The number of aromatic nitrogens is 12. The molecular weight excluding hydrogens is 1080 g/mol. The van der Waals surface area contributed by atoms with Gasteiger partial charge in [0.1, 0.15) is 0 Å². The number of nitrogen functional groups attached to an aromatic ring is 5. The fraction of sp³-hybridized carbons (Fsp3) is 0.280. The van der Waals surface area contributed by atoms with Crippen LogP contribution >= 0.6 is 46.4 Å². The average Bonchev–Trinajstić information content (AvgIpc) is 3.34. The molecule has 4 aromatic heterocycles. The molecule has 0 saturated carbocycles. The minimum absolute atomic E-state index is 0.104. The summed E-state index contributed by atoms with van der Waals surface area (Å²) in [6.45, 7) is 13.9. The van der Waals surface area contributed by atoms with E-state index >= 15 is 0 Å². The van der Waals surface area contributed by atoms with E-state index < -0.39 is 0 Å². The Bertz CT molecular complexity index is 3100. The molecule has 0 aliphatic heterocycles. The van der Waals surface area contributed by atoms with Crippen molar-refractivity contribution in [1.82, 2.24) is 59.8 Å². The molecule has 8 aromatic rings. The second-order valence-electron chi connectivity index (χ2n) is 17.5. The molecule has 0 radical (unpaired) electrons. The number of nitrogens with zero attached hydrogens (tertiary/aromatic N) is 12. The first-order valence-corrected chi connectivity index (χ1v) is 25.8. The predicted molar refractivity (Wildman–Crippen MR) is 318 cm³/mol. The molecule has 4 heterocycles. The number of rotatable bonds is 19. The highest BCUT2D eigenvalue weighted by molar-refractivity contribution is 6.31. The molecular formula is C50H64Cl4N24. The maximum Gasteiger partial charge on any atom is 0.233 e. The summed E-state index contributed by atoms with van der Waals surface area (Å²) in [6.07, 6.45) is 1.62. The Balaban J connectivity index is 0.000000192. The Labute approximate surface area is 472 Å². The van der Waals surface area contributed by atoms with Crippen LogP contribution in [0.15, 0.2) is 97.1 Å². The highest BCUT2D eigenvalue weighted by Crippen LogP contribution is 2.20. The van der Waals surface area contributed by atoms with Crippen molar-refractivity contribution in [3.63, 3.8) is 0 Å². The standard InChI is InChI=1S/C14H19ClN6.C13H17ClN6.C12H15ClN6.C11H13ClN6/c1-9(2)18-14-20-12(16)19-13(21-14)17-7-6-10-4-3-5-11(15)8-10;1-8(2)17-13-19-11(15)18-12(20-13)16-7-9-3-5-10(14)6-4-9;1-7(2)15-11-17-10(14)18-12(19-11)16-9-5-3-4-8(13)6-9;12-8-3-1-2-7(6-8)4-5-15-11-17-9(13)16-10(14)18-11/h3-5,8-9H,6-7H2,1-2H3,(H4,16,17,18,19,20,21);3-6,8H,7H2,1-2H3,(H4,15,16,17,18,19,20);3-7H,1-2H3,(H4,14,15,16,17,18,19);1-3,6H,4-5H2,(H5,13,14,15,16,17,18). The molecule has 0 aliphatic rings. The zero-order valence-corrected chi connectivity index (χ0v) is 46.8. The minimum atomic E-state index is 0.104. The summed E-state index contributed by atoms with van der Waals surface area (Å²) in [6, 6.07) is 30.9. The average molecular weight is 1140 g/mol. The summed E-state index contributed by atoms with van der Waals surface area (Å²) < 4.78 is 0. The third-order valence-electron chi connectivity index (χ3n) is 9.50. The Morgan fingerprint density at radius 2 is 0.718 bits per heavy atom. The molecule has 4 aromatic carbocycles. The molecule has 0 saturated heterocycles. The first-order chi connectivity index (χ1) is 37.2. The van der Waals surface area contributed by atoms with E-state index in [1.165, 1.54) is 0 Å². The van der Waals surface area contributed by atoms with Crippen molar-refractivity contribution in [3.8, 4) is 0 Å². The van der Waals surface area contributed by atoms with Crippen LogP contribution in [-0.4, -0.2) is 91.0 Å². The summed E-state index contributed by atoms with van der Waals surface area (Å²) in [4.78, 5) is 48.5. The maximum absolute atomic E-state index is 5.95. The van der Waals surface area contributed by atoms with Crippen molar-refractivity contribution < 1.29 is 0 Å². The van der Waals surface area contributed by atoms with Crippen LogP contribution in [0, 0.1) is 0 Å². The van der Waals surface area contributed by atoms with Gasteiger partial charge in [0.25, 0.3) is 0 Å². The highest BCUT2D eigenvalue weighted by atomic mass is 35.5. The molecule has 0 unspecified atom stereocenters. The first-order valence-electron chi connectivity index (χ1n) is 24.3. The third kappa shape index (κ3) is 23.7. The SMILES string of the molecule is CC(C)Nc1nc(N)nc(NCCc2cccc(Cl)c2)n1.CC(C)Nc1nc(N)nc(NCc2ccc(Cl)cc2)n1.CC(C)Nc1nc(N)nc(Nc2cccc(Cl)c2)n1.Nc1nc(N)nc(NCCc2cccc(Cl)c2)n1. The van der Waals surface area contributed by atoms with Gasteiger partial charge in [-0.25, -0.2) is 0 Å². The number of nitrogens with two attached hydrogens (primary N) is 5. The number of hydrogen-bond acceptors (Lipinski definition) is 24. The van der Waals surface area contributed by atoms with Gasteiger partial charge in [-0.05, 0) is 126 Å². The zero-order chi connectivity index (χ0) is 56.6. The van der Waals surface area contributed by atoms with Gasteiger partial charge in [-0.1, -0.05) is 88.9 Å². The Hall–Kier alpha value is -8.32. The summed E-state index contributed by atoms with van der Waals surface area (Å²) in [5.41, 5.74) is 32.1. The Kier molecular flexibility index (Phi) is 24.1. The molecule has 8 rings (SSSR count). The largest absolute Gasteiger partial charge is 0.368 e. The van der Waals surface area contributed by atoms with E-state index in [0.29, 0.717) is 71.3 Å². The van der Waals surface area contributed by atoms with Gasteiger partial charge in [0.2, 0.25) is 71.4 Å². The number of nitrogens with one attached hydrogen (secondary N) is 7. The van der Waals surface area contributed by atoms with Crippen molar-refractivity contribution in [2.75, 3.05) is 79.0 Å². The summed E-state index contributed by atoms with van der Waals surface area (Å²) in [5, 5.41) is 24.4. The summed E-state index contributed by atoms with van der Waals surface area (Å²) in [5.74, 6) is 3.77. The van der Waals surface area contributed by atoms with Crippen LogP contribution < -0.4 is 65.9 Å². The molecule has 0 fully saturated rings. The number of halogens is 4. The van der Waals surface area contributed by atoms with Crippen LogP contribution in [0.4, 0.5) is 77.1 Å². The van der Waals surface area contributed by atoms with E-state index in [1.807, 2.05) is 126 Å². The summed E-state index contributed by atoms with van der Waals surface area (Å²) >= 11 is 23.6. The second kappa shape index (κ2) is 31.0. The molecule has 78 heavy (non-hydrogen) atoms. The quantitative estimate of drug-likeness (QED) is 0.0359. The number of hydrogen-bond donors (Lipinski definition) is 12. The van der Waals surface area contributed by atoms with Crippen molar-refractivity contribution in [2.45, 2.75) is 79.1 Å². The van der Waals surface area contributed by atoms with Crippen molar-refractivity contribution in [2.24, 2.45) is 0 Å². The maximum atomic E-state index is 5.95. The van der Waals surface area contributed by atoms with E-state index in [2.05, 4.69) is 97.0 Å². The normalized spacial score (nSPS) is 10.5. The molecule has 28 heteroatoms. The molecule has 0 amide bonds. The van der Waals surface area contributed by atoms with Gasteiger partial charge >= 0.3 is 0 Å². The Morgan fingerprint density at radius 1 is 0.359 bits per heavy atom. The van der Waals surface area contributed by atoms with Gasteiger partial charge in [-0.15, -0.1) is 0 Å². The predicted octanol–water partition coefficient (Wildman–Crippen LogP) is 9.14. The van der Waals surface area contributed by atoms with Crippen LogP contribution in [0.25, 0.3) is 0 Å². The minimum Gasteiger partial charge on any atom is -0.368 e. The Morgan fingerprint density at radius 3 is 1.14 bits per heavy atom. The van der Waals surface area contributed by atoms with Crippen molar-refractivity contribution >= 4 is 123 Å². The van der Waals surface area contributed by atoms with Gasteiger partial charge in [0.05, 0.1) is 0 Å². The molecule has 0 bridgehead atoms. The second-order valence-corrected chi connectivity index (χ2v) is 19.3. The van der Waals surface area contributed by atoms with E-state index in [1.54, 1.807) is 12.1 Å². The topological polar surface area (TPSA) is 369 Å². The third-order valence-corrected chi connectivity index (χ3v) is 10.5. The van der Waals surface area contributed by atoms with Crippen molar-refractivity contribution in [3.05, 3.63) is 134 Å². The fourth-order valence-electron chi connectivity index (χ4n) is 6.35. The monoisotopic (exact) mass is 1140 g/mol. The van der Waals surface area contributed by atoms with Crippen LogP contribution in [0.1, 0.15) is 58.2 Å². The van der Waals surface area contributed by atoms with E-state index in [0.717, 1.165) is 45.3 Å². The van der Waals surface area contributed by atoms with Crippen molar-refractivity contribution in [1.29, 1.82) is 0 Å². The lowest BCUT2D eigenvalue weighted by Gasteiger charge is -2.10. The van der Waals surface area contributed by atoms with Gasteiger partial charge in [-0.3, -0.25) is 0 Å². The molecule has 0 aliphatic carbocycles. The molecule has 412 valence electrons. The van der Waals surface area contributed by atoms with Gasteiger partial charge in [0, 0.05) is 63.5 Å². The first kappa shape index (κ1) is 60.5. The molecule has 24 nitrogen and oxygen atoms in total. The fourth-order valence-corrected chi connectivity index (χ4v) is 7.09. The smallest absolute Gasteiger partial charge is 0.233 e. The summed E-state index contributed by atoms with van der Waals surface area (Å²) in [7, 11) is 0. The number of benzene rings is 4. The van der Waals surface area contributed by atoms with Crippen LogP contribution in [0.3, 0.4) is 0 Å². The number of anilines is 13. The molecule has 0 spiro atoms. The van der Waals surface area contributed by atoms with Gasteiger partial charge < -0.3 is 65.9 Å².